The molecule has 1 aliphatic rings. The third-order valence-electron chi connectivity index (χ3n) is 6.42. The fraction of sp³-hybridized carbons (Fsp3) is 0.391. The number of fused-ring (bicyclic) bond motifs is 1. The van der Waals surface area contributed by atoms with Crippen LogP contribution in [0.15, 0.2) is 42.5 Å². The molecule has 7 nitrogen and oxygen atoms in total. The number of carbonyl (C=O) groups excluding carboxylic acids is 2. The number of nitro groups is 1. The Morgan fingerprint density at radius 1 is 0.806 bits per heavy atom. The Hall–Kier alpha value is -3.00. The number of rotatable bonds is 7. The number of nitrogens with zero attached hydrogens (tertiary/aromatic N) is 2. The summed E-state index contributed by atoms with van der Waals surface area (Å²) in [4.78, 5) is 37.3. The molecule has 0 unspecified atom stereocenters. The maximum atomic E-state index is 13.5. The van der Waals surface area contributed by atoms with E-state index in [0.717, 1.165) is 0 Å². The fourth-order valence-corrected chi connectivity index (χ4v) is 11.8. The smallest absolute Gasteiger partial charge is 0.269 e. The summed E-state index contributed by atoms with van der Waals surface area (Å²) in [5.41, 5.74) is 2.87. The van der Waals surface area contributed by atoms with Crippen molar-refractivity contribution < 1.29 is 14.5 Å². The van der Waals surface area contributed by atoms with E-state index < -0.39 is 13.2 Å². The van der Waals surface area contributed by atoms with Gasteiger partial charge >= 0.3 is 0 Å². The van der Waals surface area contributed by atoms with Gasteiger partial charge in [-0.15, -0.1) is 0 Å². The van der Waals surface area contributed by atoms with E-state index in [1.54, 1.807) is 34.9 Å². The standard InChI is InChI=1S/C23H29N3O4Si/c1-14(2)31(15(3)4,16(5)6)25-22(27)20-12-9-18(13-21(20)23(25)28)24-17-7-10-19(11-8-17)26(29)30/h7-16,24H,1-6H3. The van der Waals surface area contributed by atoms with E-state index >= 15 is 0 Å². The summed E-state index contributed by atoms with van der Waals surface area (Å²) in [6.45, 7) is 12.7. The van der Waals surface area contributed by atoms with Crippen LogP contribution in [0.3, 0.4) is 0 Å². The topological polar surface area (TPSA) is 92.6 Å². The molecule has 2 amide bonds. The average Bonchev–Trinajstić information content (AvgIpc) is 2.93. The summed E-state index contributed by atoms with van der Waals surface area (Å²) in [6.07, 6.45) is 0. The zero-order valence-electron chi connectivity index (χ0n) is 18.8. The molecule has 0 bridgehead atoms. The van der Waals surface area contributed by atoms with Crippen LogP contribution in [0, 0.1) is 10.1 Å². The van der Waals surface area contributed by atoms with Crippen molar-refractivity contribution in [1.82, 2.24) is 4.57 Å². The summed E-state index contributed by atoms with van der Waals surface area (Å²) in [6, 6.07) is 11.2. The lowest BCUT2D eigenvalue weighted by atomic mass is 10.1. The number of hydrogen-bond donors (Lipinski definition) is 1. The normalized spacial score (nSPS) is 14.0. The van der Waals surface area contributed by atoms with E-state index in [1.807, 2.05) is 0 Å². The number of nitrogens with one attached hydrogen (secondary N) is 1. The minimum atomic E-state index is -2.48. The van der Waals surface area contributed by atoms with E-state index in [9.17, 15) is 19.7 Å². The van der Waals surface area contributed by atoms with Crippen LogP contribution >= 0.6 is 0 Å². The highest BCUT2D eigenvalue weighted by Crippen LogP contribution is 2.47. The van der Waals surface area contributed by atoms with Gasteiger partial charge in [0, 0.05) is 23.5 Å². The lowest BCUT2D eigenvalue weighted by Crippen LogP contribution is -2.62. The Bertz CT molecular complexity index is 1010. The molecule has 0 aliphatic carbocycles. The SMILES string of the molecule is CC(C)[Si](C(C)C)(C(C)C)N1C(=O)c2ccc(Nc3ccc([N+](=O)[O-])cc3)cc2C1=O. The summed E-state index contributed by atoms with van der Waals surface area (Å²) >= 11 is 0. The number of benzene rings is 2. The third kappa shape index (κ3) is 3.65. The molecular formula is C23H29N3O4Si. The Morgan fingerprint density at radius 3 is 1.77 bits per heavy atom. The number of amides is 2. The lowest BCUT2D eigenvalue weighted by Gasteiger charge is -2.48. The van der Waals surface area contributed by atoms with Gasteiger partial charge in [0.15, 0.2) is 8.24 Å². The van der Waals surface area contributed by atoms with Gasteiger partial charge in [-0.3, -0.25) is 19.7 Å². The molecule has 0 atom stereocenters. The van der Waals surface area contributed by atoms with E-state index in [0.29, 0.717) is 22.5 Å². The van der Waals surface area contributed by atoms with Gasteiger partial charge in [0.25, 0.3) is 17.5 Å². The van der Waals surface area contributed by atoms with Crippen molar-refractivity contribution in [3.05, 3.63) is 63.7 Å². The highest BCUT2D eigenvalue weighted by Gasteiger charge is 2.56. The molecule has 8 heteroatoms. The first kappa shape index (κ1) is 22.7. The first-order chi connectivity index (χ1) is 14.5. The van der Waals surface area contributed by atoms with Crippen LogP contribution in [0.2, 0.25) is 16.6 Å². The van der Waals surface area contributed by atoms with Crippen molar-refractivity contribution in [1.29, 1.82) is 0 Å². The highest BCUT2D eigenvalue weighted by molar-refractivity contribution is 6.85. The zero-order chi connectivity index (χ0) is 23.1. The minimum Gasteiger partial charge on any atom is -0.355 e. The summed E-state index contributed by atoms with van der Waals surface area (Å²) < 4.78 is 1.62. The molecule has 0 spiro atoms. The van der Waals surface area contributed by atoms with Gasteiger partial charge in [-0.25, -0.2) is 0 Å². The number of hydrogen-bond acceptors (Lipinski definition) is 5. The van der Waals surface area contributed by atoms with Crippen molar-refractivity contribution in [3.8, 4) is 0 Å². The number of nitro benzene ring substituents is 1. The molecule has 0 saturated carbocycles. The van der Waals surface area contributed by atoms with Gasteiger partial charge in [0.2, 0.25) is 0 Å². The Kier molecular flexibility index (Phi) is 6.04. The van der Waals surface area contributed by atoms with Crippen LogP contribution in [0.4, 0.5) is 17.1 Å². The summed E-state index contributed by atoms with van der Waals surface area (Å²) in [5.74, 6) is -0.403. The minimum absolute atomic E-state index is 0.00766. The Morgan fingerprint density at radius 2 is 1.29 bits per heavy atom. The van der Waals surface area contributed by atoms with Gasteiger partial charge in [0.05, 0.1) is 16.1 Å². The van der Waals surface area contributed by atoms with Gasteiger partial charge in [-0.1, -0.05) is 41.5 Å². The van der Waals surface area contributed by atoms with Crippen molar-refractivity contribution in [2.45, 2.75) is 58.2 Å². The molecule has 0 radical (unpaired) electrons. The second-order valence-electron chi connectivity index (χ2n) is 8.99. The van der Waals surface area contributed by atoms with Gasteiger partial charge in [-0.05, 0) is 47.0 Å². The van der Waals surface area contributed by atoms with Crippen LogP contribution < -0.4 is 5.32 Å². The molecule has 1 N–H and O–H groups in total. The Labute approximate surface area is 183 Å². The quantitative estimate of drug-likeness (QED) is 0.243. The van der Waals surface area contributed by atoms with Crippen molar-refractivity contribution in [2.75, 3.05) is 5.32 Å². The fourth-order valence-electron chi connectivity index (χ4n) is 5.28. The van der Waals surface area contributed by atoms with Crippen LogP contribution in [0.25, 0.3) is 0 Å². The van der Waals surface area contributed by atoms with E-state index in [4.69, 9.17) is 0 Å². The van der Waals surface area contributed by atoms with E-state index in [2.05, 4.69) is 46.9 Å². The molecule has 0 saturated heterocycles. The lowest BCUT2D eigenvalue weighted by molar-refractivity contribution is -0.384. The van der Waals surface area contributed by atoms with E-state index in [-0.39, 0.29) is 34.1 Å². The highest BCUT2D eigenvalue weighted by atomic mass is 28.3. The largest absolute Gasteiger partial charge is 0.355 e. The monoisotopic (exact) mass is 439 g/mol. The number of anilines is 2. The molecule has 164 valence electrons. The van der Waals surface area contributed by atoms with Crippen molar-refractivity contribution in [3.63, 3.8) is 0 Å². The third-order valence-corrected chi connectivity index (χ3v) is 13.1. The van der Waals surface area contributed by atoms with Gasteiger partial charge in [0.1, 0.15) is 0 Å². The molecule has 31 heavy (non-hydrogen) atoms. The predicted octanol–water partition coefficient (Wildman–Crippen LogP) is 6.11. The molecule has 2 aromatic rings. The summed E-state index contributed by atoms with van der Waals surface area (Å²) in [5, 5.41) is 14.0. The maximum absolute atomic E-state index is 13.5. The van der Waals surface area contributed by atoms with Gasteiger partial charge < -0.3 is 9.88 Å². The molecule has 2 aromatic carbocycles. The molecule has 3 rings (SSSR count). The maximum Gasteiger partial charge on any atom is 0.269 e. The Balaban J connectivity index is 1.97. The number of imide groups is 1. The first-order valence-electron chi connectivity index (χ1n) is 10.6. The first-order valence-corrected chi connectivity index (χ1v) is 12.7. The average molecular weight is 440 g/mol. The molecule has 0 aromatic heterocycles. The second-order valence-corrected chi connectivity index (χ2v) is 14.7. The summed E-state index contributed by atoms with van der Waals surface area (Å²) in [7, 11) is -2.48. The van der Waals surface area contributed by atoms with Crippen LogP contribution in [-0.2, 0) is 0 Å². The predicted molar refractivity (Wildman–Crippen MR) is 124 cm³/mol. The van der Waals surface area contributed by atoms with Crippen molar-refractivity contribution >= 4 is 37.1 Å². The second kappa shape index (κ2) is 8.26. The number of carbonyl (C=O) groups is 2. The molecule has 1 aliphatic heterocycles. The van der Waals surface area contributed by atoms with Crippen LogP contribution in [0.1, 0.15) is 62.3 Å². The molecular weight excluding hydrogens is 410 g/mol. The zero-order valence-corrected chi connectivity index (χ0v) is 19.8. The van der Waals surface area contributed by atoms with Crippen molar-refractivity contribution in [2.24, 2.45) is 0 Å². The van der Waals surface area contributed by atoms with Crippen LogP contribution in [0.5, 0.6) is 0 Å². The molecule has 1 heterocycles. The number of non-ortho nitro benzene ring substituents is 1. The van der Waals surface area contributed by atoms with Crippen LogP contribution in [-0.4, -0.2) is 29.5 Å². The van der Waals surface area contributed by atoms with E-state index in [1.165, 1.54) is 12.1 Å². The van der Waals surface area contributed by atoms with Gasteiger partial charge in [-0.2, -0.15) is 0 Å². The molecule has 0 fully saturated rings.